The summed E-state index contributed by atoms with van der Waals surface area (Å²) >= 11 is 0. The molecule has 0 radical (unpaired) electrons. The summed E-state index contributed by atoms with van der Waals surface area (Å²) in [6.45, 7) is 6.35. The number of pyridine rings is 1. The van der Waals surface area contributed by atoms with Crippen LogP contribution in [0.1, 0.15) is 54.7 Å². The predicted octanol–water partition coefficient (Wildman–Crippen LogP) is 3.14. The third-order valence-electron chi connectivity index (χ3n) is 4.98. The maximum Gasteiger partial charge on any atom is 0.339 e. The summed E-state index contributed by atoms with van der Waals surface area (Å²) in [5.41, 5.74) is 2.65. The van der Waals surface area contributed by atoms with Gasteiger partial charge in [0.05, 0.1) is 0 Å². The number of fused-ring (bicyclic) bond motifs is 1. The van der Waals surface area contributed by atoms with Crippen molar-refractivity contribution < 1.29 is 9.90 Å². The van der Waals surface area contributed by atoms with Crippen molar-refractivity contribution in [3.8, 4) is 0 Å². The Bertz CT molecular complexity index is 554. The van der Waals surface area contributed by atoms with E-state index in [0.29, 0.717) is 23.2 Å². The highest BCUT2D eigenvalue weighted by Gasteiger charge is 2.29. The summed E-state index contributed by atoms with van der Waals surface area (Å²) in [7, 11) is 0. The number of hydrogen-bond donors (Lipinski definition) is 1. The molecule has 1 aliphatic heterocycles. The second-order valence-electron chi connectivity index (χ2n) is 6.72. The zero-order valence-electron chi connectivity index (χ0n) is 12.9. The number of carbonyl (C=O) groups is 1. The number of hydrogen-bond acceptors (Lipinski definition) is 3. The van der Waals surface area contributed by atoms with Crippen molar-refractivity contribution in [3.05, 3.63) is 22.9 Å². The molecule has 4 heteroatoms. The summed E-state index contributed by atoms with van der Waals surface area (Å²) in [5.74, 6) is 1.13. The summed E-state index contributed by atoms with van der Waals surface area (Å²) in [4.78, 5) is 18.6. The van der Waals surface area contributed by atoms with E-state index in [9.17, 15) is 9.90 Å². The topological polar surface area (TPSA) is 53.4 Å². The van der Waals surface area contributed by atoms with E-state index in [0.717, 1.165) is 50.0 Å². The molecule has 114 valence electrons. The molecule has 1 aromatic rings. The fraction of sp³-hybridized carbons (Fsp3) is 0.647. The SMILES string of the molecule is CC(C)C1CCN(c2nc3c(cc2C(=O)O)CCCC3)C1. The predicted molar refractivity (Wildman–Crippen MR) is 83.0 cm³/mol. The molecule has 2 heterocycles. The molecule has 0 amide bonds. The Morgan fingerprint density at radius 3 is 2.81 bits per heavy atom. The van der Waals surface area contributed by atoms with E-state index in [4.69, 9.17) is 4.98 Å². The molecule has 21 heavy (non-hydrogen) atoms. The van der Waals surface area contributed by atoms with Crippen LogP contribution in [0.2, 0.25) is 0 Å². The lowest BCUT2D eigenvalue weighted by Crippen LogP contribution is -2.26. The van der Waals surface area contributed by atoms with E-state index in [2.05, 4.69) is 18.7 Å². The smallest absolute Gasteiger partial charge is 0.339 e. The first kappa shape index (κ1) is 14.4. The molecule has 0 bridgehead atoms. The van der Waals surface area contributed by atoms with Crippen molar-refractivity contribution in [2.45, 2.75) is 46.0 Å². The third-order valence-corrected chi connectivity index (χ3v) is 4.98. The van der Waals surface area contributed by atoms with E-state index < -0.39 is 5.97 Å². The van der Waals surface area contributed by atoms with Crippen molar-refractivity contribution in [3.63, 3.8) is 0 Å². The highest BCUT2D eigenvalue weighted by molar-refractivity contribution is 5.93. The molecular formula is C17H24N2O2. The van der Waals surface area contributed by atoms with Gasteiger partial charge in [-0.05, 0) is 55.6 Å². The molecule has 1 saturated heterocycles. The number of carboxylic acids is 1. The number of anilines is 1. The Labute approximate surface area is 126 Å². The van der Waals surface area contributed by atoms with Gasteiger partial charge in [-0.25, -0.2) is 9.78 Å². The number of aromatic nitrogens is 1. The summed E-state index contributed by atoms with van der Waals surface area (Å²) in [6, 6.07) is 1.88. The van der Waals surface area contributed by atoms with Crippen LogP contribution in [0, 0.1) is 11.8 Å². The van der Waals surface area contributed by atoms with Crippen molar-refractivity contribution in [2.75, 3.05) is 18.0 Å². The van der Waals surface area contributed by atoms with Crippen LogP contribution in [-0.2, 0) is 12.8 Å². The third kappa shape index (κ3) is 2.76. The Balaban J connectivity index is 1.95. The molecule has 2 aliphatic rings. The summed E-state index contributed by atoms with van der Waals surface area (Å²) in [5, 5.41) is 9.54. The minimum absolute atomic E-state index is 0.389. The highest BCUT2D eigenvalue weighted by Crippen LogP contribution is 2.32. The first-order valence-corrected chi connectivity index (χ1v) is 8.07. The van der Waals surface area contributed by atoms with Gasteiger partial charge < -0.3 is 10.0 Å². The van der Waals surface area contributed by atoms with Crippen LogP contribution in [0.4, 0.5) is 5.82 Å². The second kappa shape index (κ2) is 5.66. The highest BCUT2D eigenvalue weighted by atomic mass is 16.4. The van der Waals surface area contributed by atoms with Crippen LogP contribution in [0.3, 0.4) is 0 Å². The van der Waals surface area contributed by atoms with Crippen LogP contribution in [-0.4, -0.2) is 29.1 Å². The molecule has 1 aliphatic carbocycles. The van der Waals surface area contributed by atoms with E-state index in [1.54, 1.807) is 0 Å². The largest absolute Gasteiger partial charge is 0.478 e. The fourth-order valence-electron chi connectivity index (χ4n) is 3.55. The molecular weight excluding hydrogens is 264 g/mol. The quantitative estimate of drug-likeness (QED) is 0.928. The minimum atomic E-state index is -0.848. The van der Waals surface area contributed by atoms with Crippen LogP contribution in [0.5, 0.6) is 0 Å². The van der Waals surface area contributed by atoms with Gasteiger partial charge in [0, 0.05) is 18.8 Å². The van der Waals surface area contributed by atoms with Crippen LogP contribution >= 0.6 is 0 Å². The van der Waals surface area contributed by atoms with Gasteiger partial charge >= 0.3 is 5.97 Å². The van der Waals surface area contributed by atoms with Crippen molar-refractivity contribution in [2.24, 2.45) is 11.8 Å². The minimum Gasteiger partial charge on any atom is -0.478 e. The van der Waals surface area contributed by atoms with Crippen LogP contribution in [0.15, 0.2) is 6.07 Å². The maximum atomic E-state index is 11.6. The Kier molecular flexibility index (Phi) is 3.87. The number of aryl methyl sites for hydroxylation is 2. The Morgan fingerprint density at radius 2 is 2.14 bits per heavy atom. The van der Waals surface area contributed by atoms with E-state index in [-0.39, 0.29) is 0 Å². The number of rotatable bonds is 3. The normalized spacial score (nSPS) is 21.7. The zero-order valence-corrected chi connectivity index (χ0v) is 12.9. The van der Waals surface area contributed by atoms with Crippen LogP contribution < -0.4 is 4.90 Å². The molecule has 0 spiro atoms. The van der Waals surface area contributed by atoms with E-state index in [1.807, 2.05) is 6.07 Å². The monoisotopic (exact) mass is 288 g/mol. The molecule has 1 N–H and O–H groups in total. The first-order chi connectivity index (χ1) is 10.1. The second-order valence-corrected chi connectivity index (χ2v) is 6.72. The fourth-order valence-corrected chi connectivity index (χ4v) is 3.55. The van der Waals surface area contributed by atoms with Crippen molar-refractivity contribution in [1.82, 2.24) is 4.98 Å². The van der Waals surface area contributed by atoms with Gasteiger partial charge in [-0.1, -0.05) is 13.8 Å². The Hall–Kier alpha value is -1.58. The standard InChI is InChI=1S/C17H24N2O2/c1-11(2)13-7-8-19(10-13)16-14(17(20)21)9-12-5-3-4-6-15(12)18-16/h9,11,13H,3-8,10H2,1-2H3,(H,20,21). The van der Waals surface area contributed by atoms with E-state index >= 15 is 0 Å². The summed E-state index contributed by atoms with van der Waals surface area (Å²) in [6.07, 6.45) is 5.41. The molecule has 1 unspecified atom stereocenters. The average Bonchev–Trinajstić information content (AvgIpc) is 2.95. The zero-order chi connectivity index (χ0) is 15.0. The van der Waals surface area contributed by atoms with Gasteiger partial charge in [0.2, 0.25) is 0 Å². The lowest BCUT2D eigenvalue weighted by atomic mass is 9.94. The van der Waals surface area contributed by atoms with Gasteiger partial charge in [0.1, 0.15) is 11.4 Å². The van der Waals surface area contributed by atoms with Gasteiger partial charge in [-0.3, -0.25) is 0 Å². The number of aromatic carboxylic acids is 1. The maximum absolute atomic E-state index is 11.6. The molecule has 1 aromatic heterocycles. The first-order valence-electron chi connectivity index (χ1n) is 8.07. The van der Waals surface area contributed by atoms with Gasteiger partial charge in [0.25, 0.3) is 0 Å². The van der Waals surface area contributed by atoms with Gasteiger partial charge in [-0.15, -0.1) is 0 Å². The van der Waals surface area contributed by atoms with Crippen molar-refractivity contribution in [1.29, 1.82) is 0 Å². The molecule has 1 fully saturated rings. The molecule has 3 rings (SSSR count). The lowest BCUT2D eigenvalue weighted by molar-refractivity contribution is 0.0697. The van der Waals surface area contributed by atoms with Crippen LogP contribution in [0.25, 0.3) is 0 Å². The van der Waals surface area contributed by atoms with Gasteiger partial charge in [-0.2, -0.15) is 0 Å². The average molecular weight is 288 g/mol. The summed E-state index contributed by atoms with van der Waals surface area (Å²) < 4.78 is 0. The lowest BCUT2D eigenvalue weighted by Gasteiger charge is -2.24. The molecule has 0 aromatic carbocycles. The molecule has 0 saturated carbocycles. The molecule has 1 atom stereocenters. The Morgan fingerprint density at radius 1 is 1.38 bits per heavy atom. The van der Waals surface area contributed by atoms with Gasteiger partial charge in [0.15, 0.2) is 0 Å². The number of carboxylic acid groups (broad SMARTS) is 1. The number of nitrogens with zero attached hydrogens (tertiary/aromatic N) is 2. The van der Waals surface area contributed by atoms with E-state index in [1.165, 1.54) is 6.42 Å². The van der Waals surface area contributed by atoms with Crippen molar-refractivity contribution >= 4 is 11.8 Å². The molecule has 4 nitrogen and oxygen atoms in total.